The normalized spacial score (nSPS) is 29.9. The van der Waals surface area contributed by atoms with Crippen LogP contribution in [0.3, 0.4) is 0 Å². The Kier molecular flexibility index (Phi) is 6.31. The van der Waals surface area contributed by atoms with Gasteiger partial charge in [0.25, 0.3) is 0 Å². The van der Waals surface area contributed by atoms with Crippen molar-refractivity contribution in [3.8, 4) is 0 Å². The maximum Gasteiger partial charge on any atom is 0.434 e. The average Bonchev–Trinajstić information content (AvgIpc) is 3.47. The van der Waals surface area contributed by atoms with E-state index in [1.54, 1.807) is 0 Å². The second-order valence-electron chi connectivity index (χ2n) is 7.40. The molecule has 15 nitrogen and oxygen atoms in total. The van der Waals surface area contributed by atoms with Gasteiger partial charge >= 0.3 is 13.4 Å². The number of carbonyl (C=O) groups excluding carboxylic acids is 1. The average molecular weight is 473 g/mol. The van der Waals surface area contributed by atoms with E-state index in [2.05, 4.69) is 25.4 Å². The zero-order chi connectivity index (χ0) is 23.0. The summed E-state index contributed by atoms with van der Waals surface area (Å²) in [7, 11) is -2.97. The molecule has 1 amide bonds. The third kappa shape index (κ3) is 4.15. The number of imidazole rings is 1. The molecule has 2 aromatic rings. The van der Waals surface area contributed by atoms with Crippen LogP contribution in [0.4, 0.5) is 5.82 Å². The van der Waals surface area contributed by atoms with Crippen molar-refractivity contribution >= 4 is 30.6 Å². The first-order valence-corrected chi connectivity index (χ1v) is 11.4. The number of nitrogens with zero attached hydrogens (tertiary/aromatic N) is 3. The molecule has 2 unspecified atom stereocenters. The molecule has 32 heavy (non-hydrogen) atoms. The summed E-state index contributed by atoms with van der Waals surface area (Å²) in [5, 5.41) is 26.1. The molecule has 4 heterocycles. The van der Waals surface area contributed by atoms with E-state index in [4.69, 9.17) is 19.5 Å². The number of amides is 1. The molecule has 2 aliphatic rings. The molecular formula is C16H24N7O8P. The summed E-state index contributed by atoms with van der Waals surface area (Å²) >= 11 is 0. The highest BCUT2D eigenvalue weighted by Crippen LogP contribution is 2.44. The van der Waals surface area contributed by atoms with Gasteiger partial charge in [-0.2, -0.15) is 0 Å². The number of aromatic nitrogens is 4. The molecule has 16 heteroatoms. The first-order valence-electron chi connectivity index (χ1n) is 9.82. The fourth-order valence-electron chi connectivity index (χ4n) is 3.69. The Bertz CT molecular complexity index is 1100. The van der Waals surface area contributed by atoms with Crippen LogP contribution in [0.15, 0.2) is 11.1 Å². The number of hydrogen-bond donors (Lipinski definition) is 6. The Balaban J connectivity index is 1.47. The van der Waals surface area contributed by atoms with E-state index in [0.29, 0.717) is 13.0 Å². The molecule has 4 rings (SSSR count). The summed E-state index contributed by atoms with van der Waals surface area (Å²) < 4.78 is 29.5. The van der Waals surface area contributed by atoms with Crippen molar-refractivity contribution in [3.05, 3.63) is 16.8 Å². The largest absolute Gasteiger partial charge is 0.434 e. The van der Waals surface area contributed by atoms with Crippen LogP contribution in [0.25, 0.3) is 11.2 Å². The van der Waals surface area contributed by atoms with Crippen LogP contribution in [0.1, 0.15) is 19.1 Å². The fourth-order valence-corrected chi connectivity index (χ4v) is 4.73. The van der Waals surface area contributed by atoms with Crippen LogP contribution in [0.5, 0.6) is 0 Å². The van der Waals surface area contributed by atoms with E-state index >= 15 is 0 Å². The van der Waals surface area contributed by atoms with Crippen molar-refractivity contribution in [2.75, 3.05) is 26.0 Å². The van der Waals surface area contributed by atoms with Gasteiger partial charge in [0.1, 0.15) is 30.2 Å². The van der Waals surface area contributed by atoms with Crippen molar-refractivity contribution in [1.82, 2.24) is 29.9 Å². The van der Waals surface area contributed by atoms with Crippen molar-refractivity contribution in [3.63, 3.8) is 0 Å². The minimum absolute atomic E-state index is 0.0206. The van der Waals surface area contributed by atoms with Gasteiger partial charge < -0.3 is 31.0 Å². The second kappa shape index (κ2) is 8.86. The predicted octanol–water partition coefficient (Wildman–Crippen LogP) is -2.04. The third-order valence-electron chi connectivity index (χ3n) is 5.40. The number of ether oxygens (including phenoxy) is 1. The van der Waals surface area contributed by atoms with Gasteiger partial charge in [-0.3, -0.25) is 18.9 Å². The van der Waals surface area contributed by atoms with E-state index in [9.17, 15) is 24.4 Å². The first-order chi connectivity index (χ1) is 15.2. The van der Waals surface area contributed by atoms with Crippen LogP contribution in [0.2, 0.25) is 0 Å². The number of anilines is 1. The van der Waals surface area contributed by atoms with Crippen LogP contribution in [-0.4, -0.2) is 80.3 Å². The Morgan fingerprint density at radius 3 is 2.91 bits per heavy atom. The number of nitrogens with two attached hydrogens (primary N) is 1. The number of hydrogen-bond acceptors (Lipinski definition) is 12. The predicted molar refractivity (Wildman–Crippen MR) is 108 cm³/mol. The maximum atomic E-state index is 12.8. The van der Waals surface area contributed by atoms with Gasteiger partial charge in [0, 0.05) is 7.11 Å². The van der Waals surface area contributed by atoms with Crippen LogP contribution in [0, 0.1) is 0 Å². The molecule has 7 N–H and O–H groups in total. The molecule has 2 fully saturated rings. The quantitative estimate of drug-likeness (QED) is 0.240. The topological polar surface area (TPSA) is 216 Å². The Morgan fingerprint density at radius 2 is 2.22 bits per heavy atom. The van der Waals surface area contributed by atoms with Crippen molar-refractivity contribution in [2.24, 2.45) is 0 Å². The van der Waals surface area contributed by atoms with Crippen molar-refractivity contribution in [2.45, 2.75) is 43.4 Å². The molecule has 0 aliphatic carbocycles. The number of aliphatic hydroxyl groups excluding tert-OH is 2. The van der Waals surface area contributed by atoms with Gasteiger partial charge in [-0.05, 0) is 19.4 Å². The smallest absolute Gasteiger partial charge is 0.387 e. The lowest BCUT2D eigenvalue weighted by atomic mass is 10.1. The highest BCUT2D eigenvalue weighted by Gasteiger charge is 2.46. The molecule has 2 aliphatic heterocycles. The second-order valence-corrected chi connectivity index (χ2v) is 9.25. The molecule has 0 bridgehead atoms. The summed E-state index contributed by atoms with van der Waals surface area (Å²) in [5.74, 6) is -0.520. The molecule has 0 radical (unpaired) electrons. The molecule has 2 saturated heterocycles. The summed E-state index contributed by atoms with van der Waals surface area (Å²) in [6, 6.07) is -0.509. The molecule has 0 saturated carbocycles. The van der Waals surface area contributed by atoms with Crippen molar-refractivity contribution in [1.29, 1.82) is 0 Å². The minimum atomic E-state index is -4.07. The number of aromatic amines is 1. The molecule has 0 spiro atoms. The van der Waals surface area contributed by atoms with E-state index in [0.717, 1.165) is 24.4 Å². The fraction of sp³-hybridized carbons (Fsp3) is 0.625. The molecule has 2 aromatic heterocycles. The lowest BCUT2D eigenvalue weighted by Crippen LogP contribution is -2.40. The number of aliphatic hydroxyl groups is 2. The summed E-state index contributed by atoms with van der Waals surface area (Å²) in [4.78, 5) is 34.9. The SMILES string of the molecule is COP(=O)(NC(=O)C1CCCN1)OC[C@H]1O[C@@H](n2c(=O)[nH]c3c(N)ncnc32)[C@H](O)[C@@H]1O. The monoisotopic (exact) mass is 473 g/mol. The van der Waals surface area contributed by atoms with Crippen molar-refractivity contribution < 1.29 is 33.4 Å². The van der Waals surface area contributed by atoms with Crippen LogP contribution < -0.4 is 21.8 Å². The van der Waals surface area contributed by atoms with Gasteiger partial charge in [0.2, 0.25) is 5.91 Å². The highest BCUT2D eigenvalue weighted by atomic mass is 31.2. The van der Waals surface area contributed by atoms with Gasteiger partial charge in [0.15, 0.2) is 17.7 Å². The number of nitrogen functional groups attached to an aromatic ring is 1. The zero-order valence-corrected chi connectivity index (χ0v) is 17.9. The van der Waals surface area contributed by atoms with E-state index in [1.165, 1.54) is 0 Å². The Hall–Kier alpha value is -2.39. The number of nitrogens with one attached hydrogen (secondary N) is 3. The van der Waals surface area contributed by atoms with Crippen LogP contribution >= 0.6 is 7.75 Å². The first kappa shape index (κ1) is 22.8. The standard InChI is InChI=1S/C16H24N7O8P/c1-29-32(28,22-14(26)7-3-2-4-18-7)30-5-8-10(24)11(25)15(31-8)23-13-9(21-16(23)27)12(17)19-6-20-13/h6-8,10-11,15,18,24-25H,2-5H2,1H3,(H,21,27)(H2,17,19,20)(H,22,26,28)/t7?,8-,10-,11-,15-,32?/m1/s1. The number of H-pyrrole nitrogens is 1. The van der Waals surface area contributed by atoms with E-state index in [-0.39, 0.29) is 17.0 Å². The molecular weight excluding hydrogens is 449 g/mol. The van der Waals surface area contributed by atoms with Gasteiger partial charge in [0.05, 0.1) is 12.6 Å². The van der Waals surface area contributed by atoms with E-state index in [1.807, 2.05) is 0 Å². The Morgan fingerprint density at radius 1 is 1.44 bits per heavy atom. The summed E-state index contributed by atoms with van der Waals surface area (Å²) in [6.45, 7) is 0.161. The minimum Gasteiger partial charge on any atom is -0.387 e. The lowest BCUT2D eigenvalue weighted by Gasteiger charge is -2.21. The zero-order valence-electron chi connectivity index (χ0n) is 17.0. The highest BCUT2D eigenvalue weighted by molar-refractivity contribution is 7.52. The maximum absolute atomic E-state index is 12.8. The number of fused-ring (bicyclic) bond motifs is 1. The molecule has 0 aromatic carbocycles. The van der Waals surface area contributed by atoms with Crippen LogP contribution in [-0.2, 0) is 23.1 Å². The summed E-state index contributed by atoms with van der Waals surface area (Å²) in [6.07, 6.45) is -3.06. The molecule has 176 valence electrons. The summed E-state index contributed by atoms with van der Waals surface area (Å²) in [5.41, 5.74) is 5.26. The van der Waals surface area contributed by atoms with Gasteiger partial charge in [-0.15, -0.1) is 0 Å². The molecule has 6 atom stereocenters. The Labute approximate surface area is 180 Å². The number of carbonyl (C=O) groups is 1. The number of rotatable bonds is 7. The third-order valence-corrected chi connectivity index (χ3v) is 6.86. The van der Waals surface area contributed by atoms with Gasteiger partial charge in [-0.25, -0.2) is 23.9 Å². The van der Waals surface area contributed by atoms with E-state index < -0.39 is 56.5 Å². The lowest BCUT2D eigenvalue weighted by molar-refractivity contribution is -0.121. The van der Waals surface area contributed by atoms with Gasteiger partial charge in [-0.1, -0.05) is 0 Å².